The van der Waals surface area contributed by atoms with E-state index in [1.54, 1.807) is 13.3 Å². The summed E-state index contributed by atoms with van der Waals surface area (Å²) in [5.41, 5.74) is 2.03. The Hall–Kier alpha value is -1.44. The fourth-order valence-electron chi connectivity index (χ4n) is 2.52. The molecular weight excluding hydrogens is 360 g/mol. The molecule has 0 spiro atoms. The molecule has 0 amide bonds. The molecule has 6 heteroatoms. The maximum Gasteiger partial charge on any atom is 0.136 e. The SMILES string of the molecule is CO[C@H](COCc1ccccc1)[C@@H](Cc1ccccn1)N[S+]([O-])C(C)(C)C. The van der Waals surface area contributed by atoms with Crippen molar-refractivity contribution < 1.29 is 14.0 Å². The average Bonchev–Trinajstić information content (AvgIpc) is 2.65. The van der Waals surface area contributed by atoms with E-state index in [1.165, 1.54) is 0 Å². The predicted molar refractivity (Wildman–Crippen MR) is 110 cm³/mol. The summed E-state index contributed by atoms with van der Waals surface area (Å²) >= 11 is -1.22. The summed E-state index contributed by atoms with van der Waals surface area (Å²) in [6.07, 6.45) is 2.12. The molecule has 0 aliphatic carbocycles. The highest BCUT2D eigenvalue weighted by Gasteiger charge is 2.33. The molecule has 0 saturated carbocycles. The van der Waals surface area contributed by atoms with E-state index >= 15 is 0 Å². The lowest BCUT2D eigenvalue weighted by atomic mass is 10.1. The van der Waals surface area contributed by atoms with Crippen LogP contribution in [0.15, 0.2) is 54.7 Å². The first kappa shape index (κ1) is 21.9. The monoisotopic (exact) mass is 390 g/mol. The van der Waals surface area contributed by atoms with Crippen molar-refractivity contribution in [2.24, 2.45) is 0 Å². The minimum absolute atomic E-state index is 0.180. The maximum absolute atomic E-state index is 12.7. The number of rotatable bonds is 10. The van der Waals surface area contributed by atoms with Gasteiger partial charge in [-0.2, -0.15) is 0 Å². The molecule has 2 aromatic rings. The van der Waals surface area contributed by atoms with Gasteiger partial charge in [-0.15, -0.1) is 4.72 Å². The smallest absolute Gasteiger partial charge is 0.136 e. The molecule has 27 heavy (non-hydrogen) atoms. The van der Waals surface area contributed by atoms with Crippen LogP contribution >= 0.6 is 0 Å². The highest BCUT2D eigenvalue weighted by molar-refractivity contribution is 7.90. The lowest BCUT2D eigenvalue weighted by Gasteiger charge is -2.31. The summed E-state index contributed by atoms with van der Waals surface area (Å²) in [5, 5.41) is 0. The van der Waals surface area contributed by atoms with Crippen molar-refractivity contribution in [2.45, 2.75) is 50.7 Å². The molecule has 2 rings (SSSR count). The van der Waals surface area contributed by atoms with E-state index in [4.69, 9.17) is 9.47 Å². The van der Waals surface area contributed by atoms with Crippen LogP contribution in [0.4, 0.5) is 0 Å². The molecule has 1 unspecified atom stereocenters. The first-order valence-corrected chi connectivity index (χ1v) is 10.3. The van der Waals surface area contributed by atoms with Crippen molar-refractivity contribution in [3.8, 4) is 0 Å². The number of nitrogens with one attached hydrogen (secondary N) is 1. The first-order valence-electron chi connectivity index (χ1n) is 9.12. The topological polar surface area (TPSA) is 66.4 Å². The zero-order valence-electron chi connectivity index (χ0n) is 16.6. The Kier molecular flexibility index (Phi) is 8.73. The second-order valence-electron chi connectivity index (χ2n) is 7.41. The Bertz CT molecular complexity index is 649. The minimum atomic E-state index is -1.22. The summed E-state index contributed by atoms with van der Waals surface area (Å²) < 4.78 is 27.1. The molecule has 1 N–H and O–H groups in total. The molecule has 0 aliphatic heterocycles. The largest absolute Gasteiger partial charge is 0.598 e. The third kappa shape index (κ3) is 7.60. The van der Waals surface area contributed by atoms with Crippen LogP contribution in [0.25, 0.3) is 0 Å². The molecule has 0 fully saturated rings. The third-order valence-electron chi connectivity index (χ3n) is 4.12. The van der Waals surface area contributed by atoms with Crippen LogP contribution in [0.3, 0.4) is 0 Å². The highest BCUT2D eigenvalue weighted by Crippen LogP contribution is 2.17. The molecule has 1 aromatic heterocycles. The summed E-state index contributed by atoms with van der Waals surface area (Å²) in [7, 11) is 1.66. The summed E-state index contributed by atoms with van der Waals surface area (Å²) in [5.74, 6) is 0. The van der Waals surface area contributed by atoms with Crippen LogP contribution in [0, 0.1) is 0 Å². The quantitative estimate of drug-likeness (QED) is 0.631. The molecule has 3 atom stereocenters. The number of pyridine rings is 1. The van der Waals surface area contributed by atoms with Gasteiger partial charge in [-0.1, -0.05) is 36.4 Å². The van der Waals surface area contributed by atoms with Gasteiger partial charge in [-0.3, -0.25) is 4.98 Å². The van der Waals surface area contributed by atoms with Gasteiger partial charge in [0.1, 0.15) is 10.9 Å². The van der Waals surface area contributed by atoms with Crippen molar-refractivity contribution >= 4 is 11.4 Å². The van der Waals surface area contributed by atoms with E-state index in [0.29, 0.717) is 19.6 Å². The third-order valence-corrected chi connectivity index (χ3v) is 5.74. The molecule has 0 aliphatic rings. The second-order valence-corrected chi connectivity index (χ2v) is 9.40. The van der Waals surface area contributed by atoms with Gasteiger partial charge >= 0.3 is 0 Å². The molecular formula is C21H30N2O3S. The van der Waals surface area contributed by atoms with Crippen molar-refractivity contribution in [1.29, 1.82) is 0 Å². The Morgan fingerprint density at radius 1 is 1.11 bits per heavy atom. The Morgan fingerprint density at radius 2 is 1.81 bits per heavy atom. The number of nitrogens with zero attached hydrogens (tertiary/aromatic N) is 1. The van der Waals surface area contributed by atoms with Gasteiger partial charge in [0.25, 0.3) is 0 Å². The standard InChI is InChI=1S/C21H30N2O3S/c1-21(2,3)27(24)23-19(14-18-12-8-9-13-22-18)20(25-4)16-26-15-17-10-6-5-7-11-17/h5-13,19-20,23H,14-16H2,1-4H3/t19-,20-,27?/m1/s1. The number of methoxy groups -OCH3 is 1. The summed E-state index contributed by atoms with van der Waals surface area (Å²) in [4.78, 5) is 4.40. The zero-order chi connectivity index (χ0) is 19.7. The van der Waals surface area contributed by atoms with Gasteiger partial charge in [0.05, 0.1) is 19.3 Å². The molecule has 148 valence electrons. The van der Waals surface area contributed by atoms with Gasteiger partial charge < -0.3 is 14.0 Å². The average molecular weight is 391 g/mol. The van der Waals surface area contributed by atoms with E-state index in [-0.39, 0.29) is 16.9 Å². The predicted octanol–water partition coefficient (Wildman–Crippen LogP) is 3.28. The molecule has 1 heterocycles. The number of hydrogen-bond acceptors (Lipinski definition) is 5. The first-order chi connectivity index (χ1) is 12.9. The fourth-order valence-corrected chi connectivity index (χ4v) is 3.39. The number of aromatic nitrogens is 1. The van der Waals surface area contributed by atoms with Crippen molar-refractivity contribution in [2.75, 3.05) is 13.7 Å². The van der Waals surface area contributed by atoms with Crippen LogP contribution < -0.4 is 4.72 Å². The highest BCUT2D eigenvalue weighted by atomic mass is 32.2. The molecule has 5 nitrogen and oxygen atoms in total. The van der Waals surface area contributed by atoms with Gasteiger partial charge in [0.2, 0.25) is 0 Å². The molecule has 1 aromatic carbocycles. The van der Waals surface area contributed by atoms with Gasteiger partial charge in [-0.25, -0.2) is 0 Å². The summed E-state index contributed by atoms with van der Waals surface area (Å²) in [6.45, 7) is 6.75. The van der Waals surface area contributed by atoms with Crippen molar-refractivity contribution in [3.05, 3.63) is 66.0 Å². The summed E-state index contributed by atoms with van der Waals surface area (Å²) in [6, 6.07) is 15.6. The number of hydrogen-bond donors (Lipinski definition) is 1. The van der Waals surface area contributed by atoms with E-state index < -0.39 is 11.4 Å². The second kappa shape index (κ2) is 10.8. The molecule has 0 bridgehead atoms. The maximum atomic E-state index is 12.7. The van der Waals surface area contributed by atoms with E-state index in [1.807, 2.05) is 69.3 Å². The lowest BCUT2D eigenvalue weighted by molar-refractivity contribution is -0.0134. The van der Waals surface area contributed by atoms with Crippen LogP contribution in [0.2, 0.25) is 0 Å². The van der Waals surface area contributed by atoms with E-state index in [9.17, 15) is 4.55 Å². The van der Waals surface area contributed by atoms with Gasteiger partial charge in [0.15, 0.2) is 0 Å². The normalized spacial score (nSPS) is 15.3. The lowest BCUT2D eigenvalue weighted by Crippen LogP contribution is -2.52. The minimum Gasteiger partial charge on any atom is -0.598 e. The Morgan fingerprint density at radius 3 is 2.41 bits per heavy atom. The van der Waals surface area contributed by atoms with Gasteiger partial charge in [0, 0.05) is 36.8 Å². The van der Waals surface area contributed by atoms with E-state index in [2.05, 4.69) is 9.71 Å². The van der Waals surface area contributed by atoms with Crippen molar-refractivity contribution in [1.82, 2.24) is 9.71 Å². The van der Waals surface area contributed by atoms with Gasteiger partial charge in [-0.05, 0) is 38.5 Å². The number of benzene rings is 1. The molecule has 0 radical (unpaired) electrons. The Balaban J connectivity index is 2.03. The van der Waals surface area contributed by atoms with Crippen LogP contribution in [0.5, 0.6) is 0 Å². The van der Waals surface area contributed by atoms with Crippen LogP contribution in [0.1, 0.15) is 32.0 Å². The molecule has 0 saturated heterocycles. The zero-order valence-corrected chi connectivity index (χ0v) is 17.4. The van der Waals surface area contributed by atoms with Crippen molar-refractivity contribution in [3.63, 3.8) is 0 Å². The Labute approximate surface area is 165 Å². The van der Waals surface area contributed by atoms with E-state index in [0.717, 1.165) is 11.3 Å². The van der Waals surface area contributed by atoms with Crippen LogP contribution in [-0.4, -0.2) is 40.1 Å². The fraction of sp³-hybridized carbons (Fsp3) is 0.476. The number of ether oxygens (including phenoxy) is 2. The van der Waals surface area contributed by atoms with Crippen LogP contribution in [-0.2, 0) is 33.9 Å².